The van der Waals surface area contributed by atoms with Crippen LogP contribution in [0.15, 0.2) is 36.4 Å². The molecule has 0 saturated heterocycles. The van der Waals surface area contributed by atoms with Gasteiger partial charge in [0.15, 0.2) is 11.5 Å². The fraction of sp³-hybridized carbons (Fsp3) is 0.500. The number of benzene rings is 2. The number of phenolic OH excluding ortho intramolecular Hbond substituents is 1. The predicted octanol–water partition coefficient (Wildman–Crippen LogP) is 6.91. The van der Waals surface area contributed by atoms with Crippen LogP contribution in [0.5, 0.6) is 17.2 Å². The average Bonchev–Trinajstić information content (AvgIpc) is 2.86. The molecule has 2 aromatic carbocycles. The molecule has 0 unspecified atom stereocenters. The normalized spacial score (nSPS) is 11.4. The minimum Gasteiger partial charge on any atom is -0.502 e. The molecular formula is C30H43NO4. The molecule has 0 aromatic heterocycles. The molecule has 0 bridgehead atoms. The van der Waals surface area contributed by atoms with Gasteiger partial charge in [-0.1, -0.05) is 45.9 Å². The van der Waals surface area contributed by atoms with Gasteiger partial charge in [0, 0.05) is 12.6 Å². The first-order chi connectivity index (χ1) is 16.8. The molecule has 192 valence electrons. The van der Waals surface area contributed by atoms with Crippen molar-refractivity contribution in [2.45, 2.75) is 92.3 Å². The summed E-state index contributed by atoms with van der Waals surface area (Å²) in [5, 5.41) is 13.7. The Morgan fingerprint density at radius 2 is 1.49 bits per heavy atom. The van der Waals surface area contributed by atoms with E-state index in [0.717, 1.165) is 44.1 Å². The van der Waals surface area contributed by atoms with Crippen LogP contribution in [0.3, 0.4) is 0 Å². The van der Waals surface area contributed by atoms with Crippen LogP contribution in [0.25, 0.3) is 6.08 Å². The fourth-order valence-corrected chi connectivity index (χ4v) is 3.84. The number of phenols is 1. The minimum absolute atomic E-state index is 0.00161. The van der Waals surface area contributed by atoms with Crippen LogP contribution in [0.1, 0.15) is 82.1 Å². The molecule has 0 saturated carbocycles. The molecule has 1 amide bonds. The molecule has 0 radical (unpaired) electrons. The Kier molecular flexibility index (Phi) is 11.7. The Hall–Kier alpha value is -2.95. The van der Waals surface area contributed by atoms with Crippen LogP contribution >= 0.6 is 0 Å². The number of amides is 1. The lowest BCUT2D eigenvalue weighted by molar-refractivity contribution is -0.116. The second kappa shape index (κ2) is 14.4. The topological polar surface area (TPSA) is 67.8 Å². The van der Waals surface area contributed by atoms with Gasteiger partial charge in [-0.05, 0) is 92.8 Å². The minimum atomic E-state index is -0.150. The Bertz CT molecular complexity index is 939. The van der Waals surface area contributed by atoms with Crippen LogP contribution in [0, 0.1) is 13.8 Å². The highest BCUT2D eigenvalue weighted by Crippen LogP contribution is 2.40. The van der Waals surface area contributed by atoms with Crippen molar-refractivity contribution < 1.29 is 19.4 Å². The number of nitrogens with one attached hydrogen (secondary N) is 1. The largest absolute Gasteiger partial charge is 0.502 e. The lowest BCUT2D eigenvalue weighted by atomic mass is 10.0. The molecule has 0 aliphatic rings. The molecule has 5 nitrogen and oxygen atoms in total. The smallest absolute Gasteiger partial charge is 0.243 e. The maximum Gasteiger partial charge on any atom is 0.243 e. The standard InChI is InChI=1S/C30H43NO4/c1-7-25(8-2)34-27-19-24(20-28(30(27)33)35-26(9-3)10-4)15-16-29(32)31-17-11-12-23-14-13-21(5)22(6)18-23/h13-16,18-20,25-26,33H,7-12,17H2,1-6H3,(H,31,32)/b16-15+. The van der Waals surface area contributed by atoms with Crippen molar-refractivity contribution in [1.29, 1.82) is 0 Å². The zero-order valence-corrected chi connectivity index (χ0v) is 22.3. The van der Waals surface area contributed by atoms with Gasteiger partial charge in [-0.3, -0.25) is 4.79 Å². The molecule has 0 heterocycles. The van der Waals surface area contributed by atoms with Gasteiger partial charge in [-0.25, -0.2) is 0 Å². The van der Waals surface area contributed by atoms with E-state index in [-0.39, 0.29) is 23.9 Å². The molecule has 0 atom stereocenters. The number of ether oxygens (including phenoxy) is 2. The van der Waals surface area contributed by atoms with Gasteiger partial charge in [0.05, 0.1) is 12.2 Å². The van der Waals surface area contributed by atoms with E-state index in [1.54, 1.807) is 18.2 Å². The van der Waals surface area contributed by atoms with Crippen LogP contribution < -0.4 is 14.8 Å². The summed E-state index contributed by atoms with van der Waals surface area (Å²) in [6.07, 6.45) is 8.41. The number of carbonyl (C=O) groups excluding carboxylic acids is 1. The maximum absolute atomic E-state index is 12.4. The zero-order valence-electron chi connectivity index (χ0n) is 22.3. The number of hydrogen-bond acceptors (Lipinski definition) is 4. The second-order valence-electron chi connectivity index (χ2n) is 9.13. The van der Waals surface area contributed by atoms with E-state index in [0.29, 0.717) is 18.0 Å². The third-order valence-electron chi connectivity index (χ3n) is 6.41. The number of aryl methyl sites for hydroxylation is 3. The van der Waals surface area contributed by atoms with Gasteiger partial charge in [-0.2, -0.15) is 0 Å². The molecule has 2 aromatic rings. The SMILES string of the molecule is CCC(CC)Oc1cc(/C=C/C(=O)NCCCc2ccc(C)c(C)c2)cc(OC(CC)CC)c1O. The van der Waals surface area contributed by atoms with Crippen LogP contribution in [0.2, 0.25) is 0 Å². The average molecular weight is 482 g/mol. The molecule has 2 N–H and O–H groups in total. The quantitative estimate of drug-likeness (QED) is 0.227. The monoisotopic (exact) mass is 481 g/mol. The summed E-state index contributed by atoms with van der Waals surface area (Å²) >= 11 is 0. The Labute approximate surface area is 211 Å². The third-order valence-corrected chi connectivity index (χ3v) is 6.41. The summed E-state index contributed by atoms with van der Waals surface area (Å²) in [7, 11) is 0. The van der Waals surface area contributed by atoms with Crippen LogP contribution in [-0.4, -0.2) is 29.8 Å². The highest BCUT2D eigenvalue weighted by atomic mass is 16.5. The van der Waals surface area contributed by atoms with Crippen molar-refractivity contribution in [3.05, 3.63) is 58.7 Å². The first kappa shape index (κ1) is 28.3. The van der Waals surface area contributed by atoms with Crippen LogP contribution in [-0.2, 0) is 11.2 Å². The first-order valence-corrected chi connectivity index (χ1v) is 13.0. The van der Waals surface area contributed by atoms with Crippen molar-refractivity contribution in [3.8, 4) is 17.2 Å². The van der Waals surface area contributed by atoms with E-state index < -0.39 is 0 Å². The maximum atomic E-state index is 12.4. The van der Waals surface area contributed by atoms with Crippen LogP contribution in [0.4, 0.5) is 0 Å². The Balaban J connectivity index is 2.05. The zero-order chi connectivity index (χ0) is 25.8. The highest BCUT2D eigenvalue weighted by molar-refractivity contribution is 5.91. The summed E-state index contributed by atoms with van der Waals surface area (Å²) in [4.78, 5) is 12.4. The van der Waals surface area contributed by atoms with Crippen molar-refractivity contribution in [1.82, 2.24) is 5.32 Å². The van der Waals surface area contributed by atoms with Gasteiger partial charge in [0.2, 0.25) is 11.7 Å². The number of hydrogen-bond donors (Lipinski definition) is 2. The van der Waals surface area contributed by atoms with E-state index in [2.05, 4.69) is 65.1 Å². The predicted molar refractivity (Wildman–Crippen MR) is 144 cm³/mol. The molecule has 0 fully saturated rings. The second-order valence-corrected chi connectivity index (χ2v) is 9.13. The Morgan fingerprint density at radius 3 is 2.00 bits per heavy atom. The number of aromatic hydroxyl groups is 1. The number of rotatable bonds is 14. The van der Waals surface area contributed by atoms with E-state index in [1.807, 2.05) is 0 Å². The van der Waals surface area contributed by atoms with Gasteiger partial charge < -0.3 is 19.9 Å². The lowest BCUT2D eigenvalue weighted by Crippen LogP contribution is -2.22. The van der Waals surface area contributed by atoms with Gasteiger partial charge in [0.25, 0.3) is 0 Å². The summed E-state index contributed by atoms with van der Waals surface area (Å²) in [5.74, 6) is 0.631. The fourth-order valence-electron chi connectivity index (χ4n) is 3.84. The molecule has 0 aliphatic heterocycles. The van der Waals surface area contributed by atoms with E-state index in [4.69, 9.17) is 9.47 Å². The molecule has 5 heteroatoms. The summed E-state index contributed by atoms with van der Waals surface area (Å²) in [5.41, 5.74) is 4.62. The van der Waals surface area contributed by atoms with Gasteiger partial charge in [-0.15, -0.1) is 0 Å². The van der Waals surface area contributed by atoms with E-state index in [9.17, 15) is 9.90 Å². The van der Waals surface area contributed by atoms with E-state index in [1.165, 1.54) is 22.8 Å². The molecule has 0 spiro atoms. The van der Waals surface area contributed by atoms with Crippen molar-refractivity contribution in [2.75, 3.05) is 6.54 Å². The molecule has 0 aliphatic carbocycles. The van der Waals surface area contributed by atoms with E-state index >= 15 is 0 Å². The molecular weight excluding hydrogens is 438 g/mol. The summed E-state index contributed by atoms with van der Waals surface area (Å²) < 4.78 is 12.1. The first-order valence-electron chi connectivity index (χ1n) is 13.0. The summed E-state index contributed by atoms with van der Waals surface area (Å²) in [6, 6.07) is 10.0. The molecule has 35 heavy (non-hydrogen) atoms. The van der Waals surface area contributed by atoms with Crippen molar-refractivity contribution >= 4 is 12.0 Å². The summed E-state index contributed by atoms with van der Waals surface area (Å²) in [6.45, 7) is 13.1. The highest BCUT2D eigenvalue weighted by Gasteiger charge is 2.17. The van der Waals surface area contributed by atoms with Gasteiger partial charge in [0.1, 0.15) is 0 Å². The van der Waals surface area contributed by atoms with Gasteiger partial charge >= 0.3 is 0 Å². The lowest BCUT2D eigenvalue weighted by Gasteiger charge is -2.21. The van der Waals surface area contributed by atoms with Crippen molar-refractivity contribution in [3.63, 3.8) is 0 Å². The van der Waals surface area contributed by atoms with Crippen molar-refractivity contribution in [2.24, 2.45) is 0 Å². The Morgan fingerprint density at radius 1 is 0.914 bits per heavy atom. The number of carbonyl (C=O) groups is 1. The third kappa shape index (κ3) is 8.97. The molecule has 2 rings (SSSR count).